The van der Waals surface area contributed by atoms with Gasteiger partial charge >= 0.3 is 0 Å². The first-order valence-electron chi connectivity index (χ1n) is 17.5. The van der Waals surface area contributed by atoms with Crippen LogP contribution in [-0.4, -0.2) is 0 Å². The fourth-order valence-corrected chi connectivity index (χ4v) is 9.47. The molecule has 3 aliphatic rings. The SMILES string of the molecule is CC1C=C2CC(CCC23c2ccccc2-c2c(N(c4ccc(-c5ccccc5)cc4)c4cccc5c4oc4ccccc45)cccc23)C1. The van der Waals surface area contributed by atoms with Crippen molar-refractivity contribution in [3.63, 3.8) is 0 Å². The summed E-state index contributed by atoms with van der Waals surface area (Å²) in [6.45, 7) is 2.41. The Labute approximate surface area is 282 Å². The fraction of sp³-hybridized carbons (Fsp3) is 0.174. The topological polar surface area (TPSA) is 16.4 Å². The van der Waals surface area contributed by atoms with Crippen molar-refractivity contribution < 1.29 is 4.42 Å². The third kappa shape index (κ3) is 3.99. The molecule has 0 N–H and O–H groups in total. The van der Waals surface area contributed by atoms with Crippen LogP contribution in [0, 0.1) is 11.8 Å². The van der Waals surface area contributed by atoms with Gasteiger partial charge < -0.3 is 9.32 Å². The summed E-state index contributed by atoms with van der Waals surface area (Å²) in [7, 11) is 0. The van der Waals surface area contributed by atoms with Crippen molar-refractivity contribution in [1.29, 1.82) is 0 Å². The molecule has 1 aromatic heterocycles. The number of allylic oxidation sites excluding steroid dienone is 2. The molecule has 3 unspecified atom stereocenters. The Balaban J connectivity index is 1.24. The first-order chi connectivity index (χ1) is 23.7. The van der Waals surface area contributed by atoms with E-state index in [1.807, 2.05) is 0 Å². The van der Waals surface area contributed by atoms with E-state index in [0.717, 1.165) is 39.2 Å². The summed E-state index contributed by atoms with van der Waals surface area (Å²) in [6, 6.07) is 51.0. The smallest absolute Gasteiger partial charge is 0.159 e. The molecule has 0 aliphatic heterocycles. The maximum absolute atomic E-state index is 6.71. The van der Waals surface area contributed by atoms with Gasteiger partial charge in [0, 0.05) is 27.4 Å². The van der Waals surface area contributed by atoms with Gasteiger partial charge in [0.2, 0.25) is 0 Å². The van der Waals surface area contributed by atoms with E-state index in [1.54, 1.807) is 5.57 Å². The largest absolute Gasteiger partial charge is 0.454 e. The van der Waals surface area contributed by atoms with Crippen LogP contribution >= 0.6 is 0 Å². The summed E-state index contributed by atoms with van der Waals surface area (Å²) in [4.78, 5) is 2.46. The van der Waals surface area contributed by atoms with Crippen molar-refractivity contribution >= 4 is 39.0 Å². The molecule has 1 spiro atoms. The molecule has 48 heavy (non-hydrogen) atoms. The summed E-state index contributed by atoms with van der Waals surface area (Å²) < 4.78 is 6.71. The lowest BCUT2D eigenvalue weighted by Crippen LogP contribution is -2.36. The Morgan fingerprint density at radius 3 is 2.25 bits per heavy atom. The molecule has 2 nitrogen and oxygen atoms in total. The highest BCUT2D eigenvalue weighted by atomic mass is 16.3. The molecule has 0 radical (unpaired) electrons. The van der Waals surface area contributed by atoms with Crippen LogP contribution in [0.4, 0.5) is 17.1 Å². The maximum atomic E-state index is 6.71. The number of hydrogen-bond acceptors (Lipinski definition) is 2. The molecule has 2 heteroatoms. The maximum Gasteiger partial charge on any atom is 0.159 e. The van der Waals surface area contributed by atoms with Crippen molar-refractivity contribution in [3.05, 3.63) is 162 Å². The summed E-state index contributed by atoms with van der Waals surface area (Å²) in [5, 5.41) is 2.28. The number of para-hydroxylation sites is 2. The molecule has 1 saturated carbocycles. The van der Waals surface area contributed by atoms with Gasteiger partial charge in [-0.1, -0.05) is 128 Å². The van der Waals surface area contributed by atoms with Gasteiger partial charge in [0.1, 0.15) is 5.58 Å². The Hall–Kier alpha value is -5.34. The minimum Gasteiger partial charge on any atom is -0.454 e. The molecule has 0 amide bonds. The van der Waals surface area contributed by atoms with Crippen LogP contribution in [0.25, 0.3) is 44.2 Å². The molecule has 6 aromatic carbocycles. The average molecular weight is 620 g/mol. The first kappa shape index (κ1) is 27.7. The van der Waals surface area contributed by atoms with Gasteiger partial charge in [-0.05, 0) is 95.7 Å². The number of fused-ring (bicyclic) bond motifs is 11. The van der Waals surface area contributed by atoms with E-state index in [1.165, 1.54) is 64.8 Å². The minimum absolute atomic E-state index is 0.0681. The van der Waals surface area contributed by atoms with Gasteiger partial charge in [-0.2, -0.15) is 0 Å². The number of hydrogen-bond donors (Lipinski definition) is 0. The van der Waals surface area contributed by atoms with E-state index in [2.05, 4.69) is 157 Å². The second kappa shape index (κ2) is 10.6. The molecule has 7 aromatic rings. The van der Waals surface area contributed by atoms with Crippen molar-refractivity contribution in [3.8, 4) is 22.3 Å². The van der Waals surface area contributed by atoms with E-state index >= 15 is 0 Å². The van der Waals surface area contributed by atoms with Crippen LogP contribution in [0.1, 0.15) is 43.7 Å². The second-order valence-electron chi connectivity index (χ2n) is 14.2. The zero-order chi connectivity index (χ0) is 31.8. The lowest BCUT2D eigenvalue weighted by atomic mass is 9.58. The number of nitrogens with zero attached hydrogens (tertiary/aromatic N) is 1. The van der Waals surface area contributed by atoms with Crippen molar-refractivity contribution in [2.75, 3.05) is 4.90 Å². The van der Waals surface area contributed by atoms with Gasteiger partial charge in [0.25, 0.3) is 0 Å². The monoisotopic (exact) mass is 619 g/mol. The summed E-state index contributed by atoms with van der Waals surface area (Å²) in [5.74, 6) is 1.43. The van der Waals surface area contributed by atoms with Crippen LogP contribution in [0.15, 0.2) is 156 Å². The summed E-state index contributed by atoms with van der Waals surface area (Å²) in [6.07, 6.45) is 7.62. The lowest BCUT2D eigenvalue weighted by molar-refractivity contribution is 0.284. The molecule has 10 rings (SSSR count). The van der Waals surface area contributed by atoms with Crippen LogP contribution in [-0.2, 0) is 5.41 Å². The average Bonchev–Trinajstić information content (AvgIpc) is 3.66. The van der Waals surface area contributed by atoms with E-state index < -0.39 is 0 Å². The number of rotatable bonds is 4. The van der Waals surface area contributed by atoms with E-state index in [0.29, 0.717) is 5.92 Å². The van der Waals surface area contributed by atoms with E-state index in [4.69, 9.17) is 4.42 Å². The number of furan rings is 1. The van der Waals surface area contributed by atoms with Crippen molar-refractivity contribution in [1.82, 2.24) is 0 Å². The highest BCUT2D eigenvalue weighted by Crippen LogP contribution is 2.63. The van der Waals surface area contributed by atoms with Gasteiger partial charge in [0.15, 0.2) is 5.58 Å². The Morgan fingerprint density at radius 1 is 0.646 bits per heavy atom. The predicted molar refractivity (Wildman–Crippen MR) is 199 cm³/mol. The normalized spacial score (nSPS) is 20.9. The second-order valence-corrected chi connectivity index (χ2v) is 14.2. The van der Waals surface area contributed by atoms with Crippen molar-refractivity contribution in [2.24, 2.45) is 11.8 Å². The molecule has 2 bridgehead atoms. The summed E-state index contributed by atoms with van der Waals surface area (Å²) in [5.41, 5.74) is 14.8. The van der Waals surface area contributed by atoms with Gasteiger partial charge in [-0.25, -0.2) is 0 Å². The van der Waals surface area contributed by atoms with Crippen LogP contribution in [0.2, 0.25) is 0 Å². The fourth-order valence-electron chi connectivity index (χ4n) is 9.47. The molecule has 0 saturated heterocycles. The highest BCUT2D eigenvalue weighted by Gasteiger charge is 2.50. The van der Waals surface area contributed by atoms with Crippen LogP contribution in [0.3, 0.4) is 0 Å². The zero-order valence-electron chi connectivity index (χ0n) is 27.2. The molecular weight excluding hydrogens is 583 g/mol. The van der Waals surface area contributed by atoms with E-state index in [-0.39, 0.29) is 5.41 Å². The first-order valence-corrected chi connectivity index (χ1v) is 17.5. The lowest BCUT2D eigenvalue weighted by Gasteiger charge is -2.45. The molecule has 3 atom stereocenters. The quantitative estimate of drug-likeness (QED) is 0.182. The van der Waals surface area contributed by atoms with Gasteiger partial charge in [-0.3, -0.25) is 0 Å². The predicted octanol–water partition coefficient (Wildman–Crippen LogP) is 12.8. The molecule has 1 heterocycles. The zero-order valence-corrected chi connectivity index (χ0v) is 27.2. The third-order valence-electron chi connectivity index (χ3n) is 11.4. The molecule has 232 valence electrons. The van der Waals surface area contributed by atoms with E-state index in [9.17, 15) is 0 Å². The highest BCUT2D eigenvalue weighted by molar-refractivity contribution is 6.11. The van der Waals surface area contributed by atoms with Crippen LogP contribution in [0.5, 0.6) is 0 Å². The van der Waals surface area contributed by atoms with Gasteiger partial charge in [-0.15, -0.1) is 0 Å². The van der Waals surface area contributed by atoms with Gasteiger partial charge in [0.05, 0.1) is 11.4 Å². The molecule has 3 aliphatic carbocycles. The number of anilines is 3. The Kier molecular flexibility index (Phi) is 6.12. The number of benzene rings is 6. The standard InChI is InChI=1S/C46H37NO/c1-30-27-31-25-26-46(34(28-30)29-31)39-16-7-5-14-38(39)44-40(46)17-10-18-41(44)47(35-23-21-33(22-24-35)32-11-3-2-4-12-32)42-19-9-15-37-36-13-6-8-20-43(36)48-45(37)42/h2-24,28,30-31H,25-27,29H2,1H3. The van der Waals surface area contributed by atoms with Crippen molar-refractivity contribution in [2.45, 2.75) is 38.0 Å². The Morgan fingerprint density at radius 2 is 1.35 bits per heavy atom. The molecular formula is C46H37NO. The summed E-state index contributed by atoms with van der Waals surface area (Å²) >= 11 is 0. The molecule has 1 fully saturated rings. The third-order valence-corrected chi connectivity index (χ3v) is 11.4. The Bertz CT molecular complexity index is 2380. The van der Waals surface area contributed by atoms with Crippen LogP contribution < -0.4 is 4.90 Å². The minimum atomic E-state index is -0.0681.